The number of benzene rings is 2. The number of guanidine groups is 1. The van der Waals surface area contributed by atoms with Gasteiger partial charge in [0.25, 0.3) is 0 Å². The second kappa shape index (κ2) is 10.0. The molecule has 0 atom stereocenters. The standard InChI is InChI=1S/C21H28F2N4/c1-5-24-21(25-12-16-6-8-19(22)15(2)10-16)26-13-17-7-9-20(23)18(11-17)14-27(3)4/h6-11H,5,12-14H2,1-4H3,(H2,24,25,26). The molecule has 2 rings (SSSR count). The SMILES string of the molecule is CCNC(=NCc1ccc(F)c(C)c1)NCc1ccc(F)c(CN(C)C)c1. The monoisotopic (exact) mass is 374 g/mol. The molecule has 0 unspecified atom stereocenters. The number of nitrogens with one attached hydrogen (secondary N) is 2. The average Bonchev–Trinajstić information content (AvgIpc) is 2.62. The molecule has 0 aromatic heterocycles. The van der Waals surface area contributed by atoms with Gasteiger partial charge in [-0.3, -0.25) is 0 Å². The summed E-state index contributed by atoms with van der Waals surface area (Å²) in [4.78, 5) is 6.48. The van der Waals surface area contributed by atoms with Gasteiger partial charge in [0.1, 0.15) is 11.6 Å². The number of hydrogen-bond acceptors (Lipinski definition) is 2. The van der Waals surface area contributed by atoms with Gasteiger partial charge in [0, 0.05) is 25.2 Å². The fourth-order valence-corrected chi connectivity index (χ4v) is 2.70. The summed E-state index contributed by atoms with van der Waals surface area (Å²) in [5.41, 5.74) is 3.21. The summed E-state index contributed by atoms with van der Waals surface area (Å²) in [6.07, 6.45) is 0. The van der Waals surface area contributed by atoms with Crippen LogP contribution >= 0.6 is 0 Å². The second-order valence-electron chi connectivity index (χ2n) is 6.80. The molecule has 0 fully saturated rings. The van der Waals surface area contributed by atoms with Gasteiger partial charge in [-0.2, -0.15) is 0 Å². The number of nitrogens with zero attached hydrogens (tertiary/aromatic N) is 2. The van der Waals surface area contributed by atoms with Crippen LogP contribution in [0.4, 0.5) is 8.78 Å². The highest BCUT2D eigenvalue weighted by atomic mass is 19.1. The van der Waals surface area contributed by atoms with Crippen molar-refractivity contribution in [2.45, 2.75) is 33.5 Å². The van der Waals surface area contributed by atoms with E-state index in [0.717, 1.165) is 17.7 Å². The van der Waals surface area contributed by atoms with Crippen LogP contribution in [0.2, 0.25) is 0 Å². The normalized spacial score (nSPS) is 11.7. The number of aryl methyl sites for hydroxylation is 1. The molecular weight excluding hydrogens is 346 g/mol. The average molecular weight is 374 g/mol. The van der Waals surface area contributed by atoms with Gasteiger partial charge < -0.3 is 15.5 Å². The fourth-order valence-electron chi connectivity index (χ4n) is 2.70. The van der Waals surface area contributed by atoms with Crippen LogP contribution in [-0.2, 0) is 19.6 Å². The van der Waals surface area contributed by atoms with Gasteiger partial charge in [-0.05, 0) is 62.8 Å². The van der Waals surface area contributed by atoms with Crippen molar-refractivity contribution in [2.75, 3.05) is 20.6 Å². The largest absolute Gasteiger partial charge is 0.357 e. The van der Waals surface area contributed by atoms with Crippen molar-refractivity contribution in [1.29, 1.82) is 0 Å². The number of aliphatic imine (C=N–C) groups is 1. The first-order valence-corrected chi connectivity index (χ1v) is 9.08. The third-order valence-corrected chi connectivity index (χ3v) is 4.04. The Morgan fingerprint density at radius 3 is 2.37 bits per heavy atom. The lowest BCUT2D eigenvalue weighted by Gasteiger charge is -2.14. The highest BCUT2D eigenvalue weighted by Crippen LogP contribution is 2.13. The Morgan fingerprint density at radius 1 is 1.00 bits per heavy atom. The zero-order valence-corrected chi connectivity index (χ0v) is 16.4. The highest BCUT2D eigenvalue weighted by molar-refractivity contribution is 5.79. The molecule has 27 heavy (non-hydrogen) atoms. The van der Waals surface area contributed by atoms with Crippen molar-refractivity contribution in [1.82, 2.24) is 15.5 Å². The maximum absolute atomic E-state index is 13.9. The first-order chi connectivity index (χ1) is 12.9. The molecule has 4 nitrogen and oxygen atoms in total. The van der Waals surface area contributed by atoms with E-state index in [2.05, 4.69) is 15.6 Å². The van der Waals surface area contributed by atoms with E-state index in [1.165, 1.54) is 12.1 Å². The molecule has 2 aromatic carbocycles. The van der Waals surface area contributed by atoms with Crippen molar-refractivity contribution in [3.05, 3.63) is 70.3 Å². The molecule has 0 amide bonds. The van der Waals surface area contributed by atoms with E-state index in [1.807, 2.05) is 32.0 Å². The predicted molar refractivity (Wildman–Crippen MR) is 107 cm³/mol. The van der Waals surface area contributed by atoms with Crippen molar-refractivity contribution < 1.29 is 8.78 Å². The van der Waals surface area contributed by atoms with Crippen molar-refractivity contribution in [3.63, 3.8) is 0 Å². The van der Waals surface area contributed by atoms with Gasteiger partial charge in [0.2, 0.25) is 0 Å². The highest BCUT2D eigenvalue weighted by Gasteiger charge is 2.06. The van der Waals surface area contributed by atoms with E-state index in [1.54, 1.807) is 25.1 Å². The Morgan fingerprint density at radius 2 is 1.70 bits per heavy atom. The Labute approximate surface area is 160 Å². The molecule has 6 heteroatoms. The van der Waals surface area contributed by atoms with Gasteiger partial charge in [-0.25, -0.2) is 13.8 Å². The lowest BCUT2D eigenvalue weighted by atomic mass is 10.1. The summed E-state index contributed by atoms with van der Waals surface area (Å²) in [6, 6.07) is 10.1. The van der Waals surface area contributed by atoms with Crippen molar-refractivity contribution in [3.8, 4) is 0 Å². The molecule has 0 aliphatic heterocycles. The number of hydrogen-bond donors (Lipinski definition) is 2. The van der Waals surface area contributed by atoms with Crippen LogP contribution in [0.3, 0.4) is 0 Å². The summed E-state index contributed by atoms with van der Waals surface area (Å²) in [5.74, 6) is 0.260. The van der Waals surface area contributed by atoms with Crippen LogP contribution in [0, 0.1) is 18.6 Å². The molecule has 0 saturated carbocycles. The quantitative estimate of drug-likeness (QED) is 0.575. The van der Waals surface area contributed by atoms with Gasteiger partial charge in [0.15, 0.2) is 5.96 Å². The van der Waals surface area contributed by atoms with Crippen LogP contribution in [0.15, 0.2) is 41.4 Å². The summed E-state index contributed by atoms with van der Waals surface area (Å²) >= 11 is 0. The maximum Gasteiger partial charge on any atom is 0.191 e. The molecule has 2 N–H and O–H groups in total. The number of rotatable bonds is 7. The predicted octanol–water partition coefficient (Wildman–Crippen LogP) is 3.59. The Bertz CT molecular complexity index is 788. The molecule has 0 bridgehead atoms. The van der Waals surface area contributed by atoms with Gasteiger partial charge in [-0.1, -0.05) is 18.2 Å². The zero-order valence-electron chi connectivity index (χ0n) is 16.4. The molecule has 146 valence electrons. The molecule has 0 saturated heterocycles. The van der Waals surface area contributed by atoms with E-state index in [-0.39, 0.29) is 11.6 Å². The van der Waals surface area contributed by atoms with Crippen LogP contribution in [0.25, 0.3) is 0 Å². The first-order valence-electron chi connectivity index (χ1n) is 9.08. The molecule has 0 radical (unpaired) electrons. The van der Waals surface area contributed by atoms with Crippen molar-refractivity contribution in [2.24, 2.45) is 4.99 Å². The van der Waals surface area contributed by atoms with E-state index in [9.17, 15) is 8.78 Å². The maximum atomic E-state index is 13.9. The Balaban J connectivity index is 2.04. The van der Waals surface area contributed by atoms with Crippen molar-refractivity contribution >= 4 is 5.96 Å². The minimum absolute atomic E-state index is 0.195. The molecule has 0 spiro atoms. The summed E-state index contributed by atoms with van der Waals surface area (Å²) in [5, 5.41) is 6.45. The van der Waals surface area contributed by atoms with Crippen LogP contribution in [0.5, 0.6) is 0 Å². The topological polar surface area (TPSA) is 39.7 Å². The smallest absolute Gasteiger partial charge is 0.191 e. The summed E-state index contributed by atoms with van der Waals surface area (Å²) in [7, 11) is 3.83. The third kappa shape index (κ3) is 6.64. The molecule has 2 aromatic rings. The first kappa shape index (κ1) is 20.8. The molecular formula is C21H28F2N4. The molecule has 0 aliphatic rings. The van der Waals surface area contributed by atoms with Gasteiger partial charge >= 0.3 is 0 Å². The van der Waals surface area contributed by atoms with Crippen LogP contribution in [0.1, 0.15) is 29.2 Å². The van der Waals surface area contributed by atoms with E-state index in [0.29, 0.717) is 36.7 Å². The van der Waals surface area contributed by atoms with E-state index < -0.39 is 0 Å². The third-order valence-electron chi connectivity index (χ3n) is 4.04. The second-order valence-corrected chi connectivity index (χ2v) is 6.80. The van der Waals surface area contributed by atoms with E-state index >= 15 is 0 Å². The van der Waals surface area contributed by atoms with Gasteiger partial charge in [-0.15, -0.1) is 0 Å². The molecule has 0 heterocycles. The van der Waals surface area contributed by atoms with E-state index in [4.69, 9.17) is 0 Å². The Kier molecular flexibility index (Phi) is 7.73. The minimum Gasteiger partial charge on any atom is -0.357 e. The summed E-state index contributed by atoms with van der Waals surface area (Å²) in [6.45, 7) is 6.00. The summed E-state index contributed by atoms with van der Waals surface area (Å²) < 4.78 is 27.3. The van der Waals surface area contributed by atoms with Crippen LogP contribution in [-0.4, -0.2) is 31.5 Å². The molecule has 0 aliphatic carbocycles. The zero-order chi connectivity index (χ0) is 19.8. The van der Waals surface area contributed by atoms with Crippen LogP contribution < -0.4 is 10.6 Å². The van der Waals surface area contributed by atoms with Gasteiger partial charge in [0.05, 0.1) is 6.54 Å². The Hall–Kier alpha value is -2.47. The minimum atomic E-state index is -0.211. The lowest BCUT2D eigenvalue weighted by molar-refractivity contribution is 0.392. The lowest BCUT2D eigenvalue weighted by Crippen LogP contribution is -2.36. The fraction of sp³-hybridized carbons (Fsp3) is 0.381. The number of halogens is 2.